The highest BCUT2D eigenvalue weighted by atomic mass is 16.5. The van der Waals surface area contributed by atoms with Gasteiger partial charge in [0.1, 0.15) is 11.4 Å². The molecule has 0 aliphatic carbocycles. The minimum absolute atomic E-state index is 0.215. The number of benzene rings is 1. The van der Waals surface area contributed by atoms with E-state index < -0.39 is 5.97 Å². The summed E-state index contributed by atoms with van der Waals surface area (Å²) in [4.78, 5) is 11.1. The van der Waals surface area contributed by atoms with Crippen LogP contribution in [0.2, 0.25) is 0 Å². The number of carboxylic acids is 1. The fourth-order valence-electron chi connectivity index (χ4n) is 2.39. The van der Waals surface area contributed by atoms with Gasteiger partial charge in [-0.2, -0.15) is 0 Å². The molecule has 1 N–H and O–H groups in total. The van der Waals surface area contributed by atoms with E-state index in [1.807, 2.05) is 24.3 Å². The van der Waals surface area contributed by atoms with Gasteiger partial charge in [0, 0.05) is 24.2 Å². The van der Waals surface area contributed by atoms with Gasteiger partial charge in [0.05, 0.1) is 6.61 Å². The summed E-state index contributed by atoms with van der Waals surface area (Å²) in [6.45, 7) is 1.24. The van der Waals surface area contributed by atoms with E-state index >= 15 is 0 Å². The summed E-state index contributed by atoms with van der Waals surface area (Å²) < 4.78 is 7.36. The lowest BCUT2D eigenvalue weighted by Gasteiger charge is -2.11. The average molecular weight is 243 g/mol. The first-order valence-electron chi connectivity index (χ1n) is 5.86. The number of hydrogen-bond acceptors (Lipinski definition) is 2. The Balaban J connectivity index is 1.86. The second-order valence-electron chi connectivity index (χ2n) is 4.40. The molecular formula is C14H13NO3. The number of ether oxygens (including phenoxy) is 1. The topological polar surface area (TPSA) is 51.5 Å². The summed E-state index contributed by atoms with van der Waals surface area (Å²) in [5.74, 6) is 0.227. The minimum atomic E-state index is -0.896. The highest BCUT2D eigenvalue weighted by Gasteiger charge is 2.24. The van der Waals surface area contributed by atoms with Crippen molar-refractivity contribution in [2.75, 3.05) is 6.61 Å². The Kier molecular flexibility index (Phi) is 2.55. The molecule has 1 aromatic carbocycles. The summed E-state index contributed by atoms with van der Waals surface area (Å²) >= 11 is 0. The number of fused-ring (bicyclic) bond motifs is 1. The largest absolute Gasteiger partial charge is 0.493 e. The first-order chi connectivity index (χ1) is 8.75. The molecule has 0 amide bonds. The number of nitrogens with zero attached hydrogens (tertiary/aromatic N) is 1. The van der Waals surface area contributed by atoms with Gasteiger partial charge in [0.15, 0.2) is 0 Å². The SMILES string of the molecule is O=C(O)c1cccn1CC1COc2ccccc21. The van der Waals surface area contributed by atoms with Crippen molar-refractivity contribution < 1.29 is 14.6 Å². The van der Waals surface area contributed by atoms with E-state index in [1.54, 1.807) is 22.9 Å². The number of aromatic carboxylic acids is 1. The van der Waals surface area contributed by atoms with Gasteiger partial charge in [-0.05, 0) is 18.2 Å². The Morgan fingerprint density at radius 2 is 2.17 bits per heavy atom. The summed E-state index contributed by atoms with van der Waals surface area (Å²) in [7, 11) is 0. The van der Waals surface area contributed by atoms with E-state index in [9.17, 15) is 4.79 Å². The van der Waals surface area contributed by atoms with E-state index in [2.05, 4.69) is 0 Å². The number of carbonyl (C=O) groups is 1. The molecule has 2 heterocycles. The van der Waals surface area contributed by atoms with Gasteiger partial charge < -0.3 is 14.4 Å². The van der Waals surface area contributed by atoms with Gasteiger partial charge in [0.2, 0.25) is 0 Å². The third-order valence-electron chi connectivity index (χ3n) is 3.26. The summed E-state index contributed by atoms with van der Waals surface area (Å²) in [6, 6.07) is 11.3. The highest BCUT2D eigenvalue weighted by molar-refractivity contribution is 5.85. The average Bonchev–Trinajstić information content (AvgIpc) is 2.97. The van der Waals surface area contributed by atoms with Crippen LogP contribution in [0.25, 0.3) is 0 Å². The Morgan fingerprint density at radius 3 is 3.00 bits per heavy atom. The molecule has 2 aromatic rings. The Morgan fingerprint density at radius 1 is 1.33 bits per heavy atom. The van der Waals surface area contributed by atoms with Gasteiger partial charge in [-0.25, -0.2) is 4.79 Å². The fraction of sp³-hybridized carbons (Fsp3) is 0.214. The fourth-order valence-corrected chi connectivity index (χ4v) is 2.39. The lowest BCUT2D eigenvalue weighted by atomic mass is 10.0. The lowest BCUT2D eigenvalue weighted by Crippen LogP contribution is -2.14. The van der Waals surface area contributed by atoms with Crippen LogP contribution in [-0.4, -0.2) is 22.2 Å². The van der Waals surface area contributed by atoms with E-state index in [1.165, 1.54) is 0 Å². The van der Waals surface area contributed by atoms with Crippen LogP contribution in [-0.2, 0) is 6.54 Å². The van der Waals surface area contributed by atoms with Crippen LogP contribution in [0, 0.1) is 0 Å². The maximum Gasteiger partial charge on any atom is 0.352 e. The van der Waals surface area contributed by atoms with Crippen molar-refractivity contribution in [2.45, 2.75) is 12.5 Å². The maximum atomic E-state index is 11.1. The highest BCUT2D eigenvalue weighted by Crippen LogP contribution is 2.34. The Hall–Kier alpha value is -2.23. The van der Waals surface area contributed by atoms with E-state index in [0.717, 1.165) is 11.3 Å². The van der Waals surface area contributed by atoms with Crippen LogP contribution in [0.5, 0.6) is 5.75 Å². The van der Waals surface area contributed by atoms with Crippen molar-refractivity contribution in [2.24, 2.45) is 0 Å². The number of aromatic nitrogens is 1. The third kappa shape index (κ3) is 1.76. The number of rotatable bonds is 3. The van der Waals surface area contributed by atoms with Crippen molar-refractivity contribution >= 4 is 5.97 Å². The molecule has 0 radical (unpaired) electrons. The molecule has 4 nitrogen and oxygen atoms in total. The zero-order valence-electron chi connectivity index (χ0n) is 9.74. The summed E-state index contributed by atoms with van der Waals surface area (Å²) in [5.41, 5.74) is 1.47. The van der Waals surface area contributed by atoms with Crippen molar-refractivity contribution in [3.05, 3.63) is 53.9 Å². The molecular weight excluding hydrogens is 230 g/mol. The molecule has 0 spiro atoms. The molecule has 1 unspecified atom stereocenters. The molecule has 1 atom stereocenters. The van der Waals surface area contributed by atoms with E-state index in [4.69, 9.17) is 9.84 Å². The van der Waals surface area contributed by atoms with Crippen molar-refractivity contribution in [3.63, 3.8) is 0 Å². The quantitative estimate of drug-likeness (QED) is 0.900. The molecule has 1 aliphatic heterocycles. The molecule has 0 bridgehead atoms. The van der Waals surface area contributed by atoms with Crippen LogP contribution >= 0.6 is 0 Å². The molecule has 18 heavy (non-hydrogen) atoms. The molecule has 92 valence electrons. The lowest BCUT2D eigenvalue weighted by molar-refractivity contribution is 0.0684. The third-order valence-corrected chi connectivity index (χ3v) is 3.26. The number of para-hydroxylation sites is 1. The van der Waals surface area contributed by atoms with Gasteiger partial charge >= 0.3 is 5.97 Å². The molecule has 0 saturated heterocycles. The van der Waals surface area contributed by atoms with Gasteiger partial charge in [0.25, 0.3) is 0 Å². The minimum Gasteiger partial charge on any atom is -0.493 e. The van der Waals surface area contributed by atoms with Crippen LogP contribution < -0.4 is 4.74 Å². The van der Waals surface area contributed by atoms with Crippen molar-refractivity contribution in [1.82, 2.24) is 4.57 Å². The Labute approximate surface area is 104 Å². The van der Waals surface area contributed by atoms with Crippen molar-refractivity contribution in [1.29, 1.82) is 0 Å². The normalized spacial score (nSPS) is 17.2. The number of hydrogen-bond donors (Lipinski definition) is 1. The molecule has 0 fully saturated rings. The monoisotopic (exact) mass is 243 g/mol. The smallest absolute Gasteiger partial charge is 0.352 e. The summed E-state index contributed by atoms with van der Waals surface area (Å²) in [6.07, 6.45) is 1.80. The van der Waals surface area contributed by atoms with Crippen LogP contribution in [0.4, 0.5) is 0 Å². The first-order valence-corrected chi connectivity index (χ1v) is 5.86. The first kappa shape index (κ1) is 10.9. The van der Waals surface area contributed by atoms with Gasteiger partial charge in [-0.3, -0.25) is 0 Å². The second kappa shape index (κ2) is 4.22. The van der Waals surface area contributed by atoms with Crippen LogP contribution in [0.1, 0.15) is 22.0 Å². The molecule has 1 aliphatic rings. The number of carboxylic acid groups (broad SMARTS) is 1. The van der Waals surface area contributed by atoms with Crippen LogP contribution in [0.3, 0.4) is 0 Å². The zero-order chi connectivity index (χ0) is 12.5. The van der Waals surface area contributed by atoms with Gasteiger partial charge in [-0.1, -0.05) is 18.2 Å². The molecule has 3 rings (SSSR count). The van der Waals surface area contributed by atoms with E-state index in [-0.39, 0.29) is 5.92 Å². The predicted molar refractivity (Wildman–Crippen MR) is 66.1 cm³/mol. The van der Waals surface area contributed by atoms with E-state index in [0.29, 0.717) is 18.8 Å². The molecule has 4 heteroatoms. The summed E-state index contributed by atoms with van der Waals surface area (Å²) in [5, 5.41) is 9.07. The van der Waals surface area contributed by atoms with Crippen LogP contribution in [0.15, 0.2) is 42.6 Å². The second-order valence-corrected chi connectivity index (χ2v) is 4.40. The zero-order valence-corrected chi connectivity index (χ0v) is 9.74. The Bertz CT molecular complexity index is 588. The molecule has 1 aromatic heterocycles. The maximum absolute atomic E-state index is 11.1. The standard InChI is InChI=1S/C14H13NO3/c16-14(17)12-5-3-7-15(12)8-10-9-18-13-6-2-1-4-11(10)13/h1-7,10H,8-9H2,(H,16,17). The van der Waals surface area contributed by atoms with Gasteiger partial charge in [-0.15, -0.1) is 0 Å². The predicted octanol–water partition coefficient (Wildman–Crippen LogP) is 2.36. The van der Waals surface area contributed by atoms with Crippen molar-refractivity contribution in [3.8, 4) is 5.75 Å². The molecule has 0 saturated carbocycles.